The van der Waals surface area contributed by atoms with Crippen LogP contribution in [-0.2, 0) is 14.3 Å². The van der Waals surface area contributed by atoms with Crippen molar-refractivity contribution < 1.29 is 23.8 Å². The number of carbonyl (C=O) groups is 2. The average molecular weight is 698 g/mol. The number of esters is 1. The standard InChI is InChI=1S/C21H20I2N2O5S2/c1-28-19(27)12-30-20-16(22)8-13(9-17(20)23)10-24-25-18(26)11-29-15-4-2-14(3-5-15)21-31-6-7-32-21/h2-5,8-10,21H,6-7,11-12H2,1H3,(H,25,26)/b24-10-. The van der Waals surface area contributed by atoms with Crippen molar-refractivity contribution in [3.05, 3.63) is 54.7 Å². The zero-order valence-corrected chi connectivity index (χ0v) is 23.0. The number of ether oxygens (including phenoxy) is 3. The Kier molecular flexibility index (Phi) is 10.2. The van der Waals surface area contributed by atoms with E-state index < -0.39 is 5.97 Å². The van der Waals surface area contributed by atoms with Crippen LogP contribution in [0.3, 0.4) is 0 Å². The summed E-state index contributed by atoms with van der Waals surface area (Å²) in [6.45, 7) is -0.285. The zero-order valence-electron chi connectivity index (χ0n) is 17.0. The van der Waals surface area contributed by atoms with E-state index in [1.165, 1.54) is 30.4 Å². The summed E-state index contributed by atoms with van der Waals surface area (Å²) in [6.07, 6.45) is 1.54. The number of hydrazone groups is 1. The highest BCUT2D eigenvalue weighted by Gasteiger charge is 2.18. The predicted molar refractivity (Wildman–Crippen MR) is 145 cm³/mol. The monoisotopic (exact) mass is 698 g/mol. The molecule has 0 bridgehead atoms. The Balaban J connectivity index is 1.46. The van der Waals surface area contributed by atoms with Crippen LogP contribution in [0, 0.1) is 7.14 Å². The number of hydrogen-bond acceptors (Lipinski definition) is 8. The Morgan fingerprint density at radius 1 is 1.09 bits per heavy atom. The van der Waals surface area contributed by atoms with Gasteiger partial charge >= 0.3 is 5.97 Å². The maximum atomic E-state index is 12.0. The lowest BCUT2D eigenvalue weighted by Gasteiger charge is -2.10. The van der Waals surface area contributed by atoms with Crippen LogP contribution in [0.2, 0.25) is 0 Å². The molecule has 1 heterocycles. The van der Waals surface area contributed by atoms with Crippen molar-refractivity contribution in [2.24, 2.45) is 5.10 Å². The summed E-state index contributed by atoms with van der Waals surface area (Å²) in [7, 11) is 1.31. The van der Waals surface area contributed by atoms with E-state index in [1.807, 2.05) is 59.9 Å². The molecule has 1 fully saturated rings. The fourth-order valence-electron chi connectivity index (χ4n) is 2.61. The van der Waals surface area contributed by atoms with Gasteiger partial charge < -0.3 is 14.2 Å². The van der Waals surface area contributed by atoms with Crippen molar-refractivity contribution >= 4 is 86.8 Å². The first-order valence-corrected chi connectivity index (χ1v) is 13.7. The Morgan fingerprint density at radius 3 is 2.38 bits per heavy atom. The zero-order chi connectivity index (χ0) is 22.9. The number of carbonyl (C=O) groups excluding carboxylic acids is 2. The molecule has 2 aromatic carbocycles. The molecular weight excluding hydrogens is 678 g/mol. The van der Waals surface area contributed by atoms with Crippen LogP contribution in [0.1, 0.15) is 15.7 Å². The SMILES string of the molecule is COC(=O)COc1c(I)cc(/C=N\NC(=O)COc2ccc(C3SCCS3)cc2)cc1I. The van der Waals surface area contributed by atoms with Crippen molar-refractivity contribution in [2.45, 2.75) is 4.58 Å². The Morgan fingerprint density at radius 2 is 1.75 bits per heavy atom. The molecule has 0 spiro atoms. The van der Waals surface area contributed by atoms with Crippen LogP contribution in [0.4, 0.5) is 0 Å². The predicted octanol–water partition coefficient (Wildman–Crippen LogP) is 4.46. The van der Waals surface area contributed by atoms with Crippen LogP contribution in [-0.4, -0.2) is 49.9 Å². The summed E-state index contributed by atoms with van der Waals surface area (Å²) in [4.78, 5) is 23.3. The highest BCUT2D eigenvalue weighted by molar-refractivity contribution is 14.1. The summed E-state index contributed by atoms with van der Waals surface area (Å²) >= 11 is 8.13. The van der Waals surface area contributed by atoms with Gasteiger partial charge in [0.05, 0.1) is 25.0 Å². The third kappa shape index (κ3) is 7.70. The largest absolute Gasteiger partial charge is 0.484 e. The van der Waals surface area contributed by atoms with E-state index in [-0.39, 0.29) is 19.1 Å². The van der Waals surface area contributed by atoms with Gasteiger partial charge in [-0.15, -0.1) is 23.5 Å². The van der Waals surface area contributed by atoms with Crippen molar-refractivity contribution in [2.75, 3.05) is 31.8 Å². The van der Waals surface area contributed by atoms with Crippen LogP contribution >= 0.6 is 68.7 Å². The fraction of sp³-hybridized carbons (Fsp3) is 0.286. The second kappa shape index (κ2) is 12.9. The van der Waals surface area contributed by atoms with Crippen molar-refractivity contribution in [1.82, 2.24) is 5.43 Å². The van der Waals surface area contributed by atoms with Gasteiger partial charge in [0.2, 0.25) is 0 Å². The molecule has 3 rings (SSSR count). The molecule has 0 saturated carbocycles. The highest BCUT2D eigenvalue weighted by atomic mass is 127. The molecule has 0 radical (unpaired) electrons. The molecule has 0 unspecified atom stereocenters. The molecule has 7 nitrogen and oxygen atoms in total. The maximum Gasteiger partial charge on any atom is 0.343 e. The van der Waals surface area contributed by atoms with Gasteiger partial charge in [-0.05, 0) is 80.6 Å². The summed E-state index contributed by atoms with van der Waals surface area (Å²) in [6, 6.07) is 11.5. The lowest BCUT2D eigenvalue weighted by atomic mass is 10.2. The molecular formula is C21H20I2N2O5S2. The first kappa shape index (κ1) is 25.4. The molecule has 170 valence electrons. The number of amides is 1. The third-order valence-electron chi connectivity index (χ3n) is 4.13. The van der Waals surface area contributed by atoms with Crippen LogP contribution in [0.25, 0.3) is 0 Å². The average Bonchev–Trinajstić information content (AvgIpc) is 3.32. The van der Waals surface area contributed by atoms with Crippen molar-refractivity contribution in [3.8, 4) is 11.5 Å². The van der Waals surface area contributed by atoms with Gasteiger partial charge in [-0.25, -0.2) is 10.2 Å². The third-order valence-corrected chi connectivity index (χ3v) is 8.84. The first-order valence-electron chi connectivity index (χ1n) is 9.43. The van der Waals surface area contributed by atoms with Gasteiger partial charge in [-0.1, -0.05) is 12.1 Å². The molecule has 0 aliphatic carbocycles. The number of rotatable bonds is 9. The van der Waals surface area contributed by atoms with Crippen LogP contribution in [0.15, 0.2) is 41.5 Å². The Hall–Kier alpha value is -1.19. The van der Waals surface area contributed by atoms with Gasteiger partial charge in [-0.2, -0.15) is 5.10 Å². The van der Waals surface area contributed by atoms with E-state index in [0.29, 0.717) is 16.1 Å². The number of benzene rings is 2. The lowest BCUT2D eigenvalue weighted by Crippen LogP contribution is -2.24. The maximum absolute atomic E-state index is 12.0. The number of nitrogens with zero attached hydrogens (tertiary/aromatic N) is 1. The summed E-state index contributed by atoms with van der Waals surface area (Å²) in [5.74, 6) is 2.80. The molecule has 1 N–H and O–H groups in total. The molecule has 1 amide bonds. The van der Waals surface area contributed by atoms with Crippen LogP contribution in [0.5, 0.6) is 11.5 Å². The molecule has 11 heteroatoms. The number of thioether (sulfide) groups is 2. The highest BCUT2D eigenvalue weighted by Crippen LogP contribution is 2.45. The van der Waals surface area contributed by atoms with Gasteiger partial charge in [0.25, 0.3) is 5.91 Å². The number of methoxy groups -OCH3 is 1. The molecule has 32 heavy (non-hydrogen) atoms. The van der Waals surface area contributed by atoms with E-state index in [9.17, 15) is 9.59 Å². The minimum atomic E-state index is -0.449. The summed E-state index contributed by atoms with van der Waals surface area (Å²) < 4.78 is 17.7. The second-order valence-electron chi connectivity index (χ2n) is 6.40. The summed E-state index contributed by atoms with van der Waals surface area (Å²) in [5.41, 5.74) is 4.51. The van der Waals surface area contributed by atoms with Gasteiger partial charge in [0, 0.05) is 11.5 Å². The molecule has 1 aliphatic heterocycles. The first-order chi connectivity index (χ1) is 15.5. The fourth-order valence-corrected chi connectivity index (χ4v) is 7.60. The Bertz CT molecular complexity index is 960. The number of halogens is 2. The quantitative estimate of drug-likeness (QED) is 0.179. The van der Waals surface area contributed by atoms with E-state index >= 15 is 0 Å². The minimum absolute atomic E-state index is 0.126. The smallest absolute Gasteiger partial charge is 0.343 e. The molecule has 1 saturated heterocycles. The van der Waals surface area contributed by atoms with E-state index in [1.54, 1.807) is 0 Å². The van der Waals surface area contributed by atoms with E-state index in [4.69, 9.17) is 9.47 Å². The molecule has 2 aromatic rings. The molecule has 0 atom stereocenters. The Labute approximate surface area is 222 Å². The van der Waals surface area contributed by atoms with Crippen molar-refractivity contribution in [1.29, 1.82) is 0 Å². The number of nitrogens with one attached hydrogen (secondary N) is 1. The normalized spacial score (nSPS) is 13.8. The van der Waals surface area contributed by atoms with Crippen LogP contribution < -0.4 is 14.9 Å². The molecule has 0 aromatic heterocycles. The minimum Gasteiger partial charge on any atom is -0.484 e. The van der Waals surface area contributed by atoms with Crippen molar-refractivity contribution in [3.63, 3.8) is 0 Å². The van der Waals surface area contributed by atoms with Gasteiger partial charge in [0.1, 0.15) is 11.5 Å². The lowest BCUT2D eigenvalue weighted by molar-refractivity contribution is -0.143. The van der Waals surface area contributed by atoms with E-state index in [2.05, 4.69) is 60.4 Å². The second-order valence-corrected chi connectivity index (χ2v) is 11.5. The van der Waals surface area contributed by atoms with E-state index in [0.717, 1.165) is 12.7 Å². The topological polar surface area (TPSA) is 86.2 Å². The summed E-state index contributed by atoms with van der Waals surface area (Å²) in [5, 5.41) is 3.99. The van der Waals surface area contributed by atoms with Gasteiger partial charge in [0.15, 0.2) is 13.2 Å². The van der Waals surface area contributed by atoms with Gasteiger partial charge in [-0.3, -0.25) is 4.79 Å². The number of hydrogen-bond donors (Lipinski definition) is 1. The molecule has 1 aliphatic rings.